The van der Waals surface area contributed by atoms with Crippen LogP contribution >= 0.6 is 0 Å². The molecule has 1 heterocycles. The van der Waals surface area contributed by atoms with Gasteiger partial charge in [-0.05, 0) is 26.3 Å². The molecule has 1 rings (SSSR count). The first-order valence-corrected chi connectivity index (χ1v) is 6.03. The summed E-state index contributed by atoms with van der Waals surface area (Å²) in [4.78, 5) is 11.4. The molecule has 0 aromatic carbocycles. The third-order valence-electron chi connectivity index (χ3n) is 3.40. The molecule has 4 heteroatoms. The maximum Gasteiger partial charge on any atom is 0.307 e. The molecule has 0 bridgehead atoms. The van der Waals surface area contributed by atoms with Crippen LogP contribution in [0.2, 0.25) is 0 Å². The van der Waals surface area contributed by atoms with Gasteiger partial charge in [0.1, 0.15) is 0 Å². The summed E-state index contributed by atoms with van der Waals surface area (Å²) in [6.45, 7) is 2.88. The molecule has 0 aromatic rings. The minimum Gasteiger partial charge on any atom is -0.469 e. The number of esters is 1. The molecule has 1 aliphatic rings. The van der Waals surface area contributed by atoms with E-state index in [4.69, 9.17) is 9.47 Å². The Kier molecular flexibility index (Phi) is 5.22. The lowest BCUT2D eigenvalue weighted by atomic mass is 9.82. The van der Waals surface area contributed by atoms with E-state index in [0.717, 1.165) is 32.3 Å². The third kappa shape index (κ3) is 3.46. The van der Waals surface area contributed by atoms with Gasteiger partial charge in [0.05, 0.1) is 19.6 Å². The third-order valence-corrected chi connectivity index (χ3v) is 3.40. The zero-order valence-corrected chi connectivity index (χ0v) is 10.5. The van der Waals surface area contributed by atoms with Crippen molar-refractivity contribution >= 4 is 5.97 Å². The highest BCUT2D eigenvalue weighted by molar-refractivity contribution is 5.70. The first kappa shape index (κ1) is 13.5. The van der Waals surface area contributed by atoms with Crippen LogP contribution in [0.25, 0.3) is 0 Å². The Labute approximate surface area is 97.7 Å². The SMILES string of the molecule is CCCC1CC(CC(=O)OC)(NC)CCO1. The van der Waals surface area contributed by atoms with Crippen molar-refractivity contribution in [1.29, 1.82) is 0 Å². The quantitative estimate of drug-likeness (QED) is 0.726. The van der Waals surface area contributed by atoms with Crippen molar-refractivity contribution in [2.45, 2.75) is 50.7 Å². The van der Waals surface area contributed by atoms with Crippen molar-refractivity contribution in [3.63, 3.8) is 0 Å². The summed E-state index contributed by atoms with van der Waals surface area (Å²) >= 11 is 0. The van der Waals surface area contributed by atoms with E-state index < -0.39 is 0 Å². The molecule has 94 valence electrons. The molecular formula is C12H23NO3. The number of hydrogen-bond donors (Lipinski definition) is 1. The zero-order chi connectivity index (χ0) is 12.0. The second-order valence-corrected chi connectivity index (χ2v) is 4.52. The van der Waals surface area contributed by atoms with E-state index in [1.807, 2.05) is 7.05 Å². The lowest BCUT2D eigenvalue weighted by molar-refractivity contribution is -0.144. The Bertz CT molecular complexity index is 230. The molecule has 0 radical (unpaired) electrons. The van der Waals surface area contributed by atoms with Gasteiger partial charge in [0.2, 0.25) is 0 Å². The van der Waals surface area contributed by atoms with E-state index in [1.165, 1.54) is 7.11 Å². The van der Waals surface area contributed by atoms with E-state index in [0.29, 0.717) is 6.42 Å². The molecule has 1 saturated heterocycles. The van der Waals surface area contributed by atoms with Crippen molar-refractivity contribution in [3.8, 4) is 0 Å². The van der Waals surface area contributed by atoms with E-state index in [1.54, 1.807) is 0 Å². The summed E-state index contributed by atoms with van der Waals surface area (Å²) in [5, 5.41) is 3.29. The molecular weight excluding hydrogens is 206 g/mol. The van der Waals surface area contributed by atoms with Gasteiger partial charge >= 0.3 is 5.97 Å². The fraction of sp³-hybridized carbons (Fsp3) is 0.917. The number of hydrogen-bond acceptors (Lipinski definition) is 4. The average Bonchev–Trinajstić information content (AvgIpc) is 2.30. The number of carbonyl (C=O) groups is 1. The Morgan fingerprint density at radius 2 is 2.38 bits per heavy atom. The molecule has 2 atom stereocenters. The molecule has 0 aliphatic carbocycles. The highest BCUT2D eigenvalue weighted by atomic mass is 16.5. The van der Waals surface area contributed by atoms with Crippen LogP contribution in [0.3, 0.4) is 0 Å². The largest absolute Gasteiger partial charge is 0.469 e. The van der Waals surface area contributed by atoms with Gasteiger partial charge in [0, 0.05) is 12.1 Å². The Hall–Kier alpha value is -0.610. The first-order valence-electron chi connectivity index (χ1n) is 6.03. The highest BCUT2D eigenvalue weighted by Gasteiger charge is 2.37. The molecule has 4 nitrogen and oxygen atoms in total. The first-order chi connectivity index (χ1) is 7.65. The minimum absolute atomic E-state index is 0.134. The highest BCUT2D eigenvalue weighted by Crippen LogP contribution is 2.30. The smallest absolute Gasteiger partial charge is 0.307 e. The van der Waals surface area contributed by atoms with Gasteiger partial charge < -0.3 is 14.8 Å². The molecule has 2 unspecified atom stereocenters. The van der Waals surface area contributed by atoms with Gasteiger partial charge in [-0.15, -0.1) is 0 Å². The monoisotopic (exact) mass is 229 g/mol. The number of nitrogens with one attached hydrogen (secondary N) is 1. The topological polar surface area (TPSA) is 47.6 Å². The summed E-state index contributed by atoms with van der Waals surface area (Å²) in [7, 11) is 3.35. The number of carbonyl (C=O) groups excluding carboxylic acids is 1. The zero-order valence-electron chi connectivity index (χ0n) is 10.5. The van der Waals surface area contributed by atoms with Crippen molar-refractivity contribution < 1.29 is 14.3 Å². The average molecular weight is 229 g/mol. The van der Waals surface area contributed by atoms with Crippen molar-refractivity contribution in [2.75, 3.05) is 20.8 Å². The molecule has 1 aliphatic heterocycles. The molecule has 16 heavy (non-hydrogen) atoms. The molecule has 0 spiro atoms. The summed E-state index contributed by atoms with van der Waals surface area (Å²) in [6, 6.07) is 0. The predicted molar refractivity (Wildman–Crippen MR) is 62.3 cm³/mol. The fourth-order valence-electron chi connectivity index (χ4n) is 2.35. The van der Waals surface area contributed by atoms with Crippen LogP contribution < -0.4 is 5.32 Å². The van der Waals surface area contributed by atoms with Gasteiger partial charge in [0.15, 0.2) is 0 Å². The Balaban J connectivity index is 2.59. The van der Waals surface area contributed by atoms with Gasteiger partial charge in [-0.1, -0.05) is 13.3 Å². The van der Waals surface area contributed by atoms with E-state index >= 15 is 0 Å². The second-order valence-electron chi connectivity index (χ2n) is 4.52. The minimum atomic E-state index is -0.147. The van der Waals surface area contributed by atoms with Crippen LogP contribution in [0.4, 0.5) is 0 Å². The lowest BCUT2D eigenvalue weighted by Gasteiger charge is -2.40. The maximum atomic E-state index is 11.4. The van der Waals surface area contributed by atoms with Crippen molar-refractivity contribution in [3.05, 3.63) is 0 Å². The Morgan fingerprint density at radius 3 is 2.94 bits per heavy atom. The fourth-order valence-corrected chi connectivity index (χ4v) is 2.35. The standard InChI is InChI=1S/C12H23NO3/c1-4-5-10-8-12(13-2,6-7-16-10)9-11(14)15-3/h10,13H,4-9H2,1-3H3. The van der Waals surface area contributed by atoms with Crippen molar-refractivity contribution in [2.24, 2.45) is 0 Å². The van der Waals surface area contributed by atoms with E-state index in [9.17, 15) is 4.79 Å². The van der Waals surface area contributed by atoms with E-state index in [2.05, 4.69) is 12.2 Å². The molecule has 1 fully saturated rings. The summed E-state index contributed by atoms with van der Waals surface area (Å²) in [6.07, 6.45) is 4.65. The predicted octanol–water partition coefficient (Wildman–Crippen LogP) is 1.49. The normalized spacial score (nSPS) is 30.1. The van der Waals surface area contributed by atoms with Gasteiger partial charge in [-0.25, -0.2) is 0 Å². The van der Waals surface area contributed by atoms with Crippen LogP contribution in [0.1, 0.15) is 39.0 Å². The van der Waals surface area contributed by atoms with Crippen LogP contribution in [0.5, 0.6) is 0 Å². The van der Waals surface area contributed by atoms with E-state index in [-0.39, 0.29) is 17.6 Å². The molecule has 1 N–H and O–H groups in total. The summed E-state index contributed by atoms with van der Waals surface area (Å²) < 4.78 is 10.5. The van der Waals surface area contributed by atoms with Crippen LogP contribution in [-0.4, -0.2) is 38.4 Å². The van der Waals surface area contributed by atoms with Crippen LogP contribution in [0, 0.1) is 0 Å². The van der Waals surface area contributed by atoms with Gasteiger partial charge in [0.25, 0.3) is 0 Å². The molecule has 0 saturated carbocycles. The van der Waals surface area contributed by atoms with Crippen molar-refractivity contribution in [1.82, 2.24) is 5.32 Å². The van der Waals surface area contributed by atoms with Crippen LogP contribution in [0.15, 0.2) is 0 Å². The van der Waals surface area contributed by atoms with Gasteiger partial charge in [-0.2, -0.15) is 0 Å². The molecule has 0 aromatic heterocycles. The summed E-state index contributed by atoms with van der Waals surface area (Å²) in [5.41, 5.74) is -0.134. The molecule has 0 amide bonds. The Morgan fingerprint density at radius 1 is 1.62 bits per heavy atom. The summed E-state index contributed by atoms with van der Waals surface area (Å²) in [5.74, 6) is -0.147. The van der Waals surface area contributed by atoms with Gasteiger partial charge in [-0.3, -0.25) is 4.79 Å². The lowest BCUT2D eigenvalue weighted by Crippen LogP contribution is -2.51. The maximum absolute atomic E-state index is 11.4. The number of rotatable bonds is 5. The number of methoxy groups -OCH3 is 1. The number of ether oxygens (including phenoxy) is 2. The van der Waals surface area contributed by atoms with Crippen LogP contribution in [-0.2, 0) is 14.3 Å². The second kappa shape index (κ2) is 6.21.